The maximum atomic E-state index is 12.6. The van der Waals surface area contributed by atoms with Crippen LogP contribution in [0.4, 0.5) is 22.1 Å². The van der Waals surface area contributed by atoms with Gasteiger partial charge in [-0.05, 0) is 42.8 Å². The molecule has 0 aliphatic heterocycles. The van der Waals surface area contributed by atoms with Crippen LogP contribution in [0.5, 0.6) is 0 Å². The number of carbonyl (C=O) groups excluding carboxylic acids is 2. The second-order valence-electron chi connectivity index (χ2n) is 5.67. The second kappa shape index (κ2) is 8.05. The van der Waals surface area contributed by atoms with E-state index in [9.17, 15) is 9.59 Å². The first kappa shape index (κ1) is 18.0. The second-order valence-corrected chi connectivity index (χ2v) is 5.67. The molecule has 0 saturated heterocycles. The third-order valence-electron chi connectivity index (χ3n) is 3.91. The van der Waals surface area contributed by atoms with Crippen molar-refractivity contribution in [3.63, 3.8) is 0 Å². The Labute approximate surface area is 156 Å². The van der Waals surface area contributed by atoms with Crippen LogP contribution in [-0.4, -0.2) is 34.4 Å². The van der Waals surface area contributed by atoms with Crippen molar-refractivity contribution in [1.82, 2.24) is 15.0 Å². The zero-order chi connectivity index (χ0) is 19.2. The van der Waals surface area contributed by atoms with E-state index in [0.29, 0.717) is 17.8 Å². The smallest absolute Gasteiger partial charge is 0.335 e. The minimum Gasteiger partial charge on any atom is -0.388 e. The fourth-order valence-electron chi connectivity index (χ4n) is 2.41. The van der Waals surface area contributed by atoms with Gasteiger partial charge < -0.3 is 10.6 Å². The molecule has 2 N–H and O–H groups in total. The van der Waals surface area contributed by atoms with Crippen molar-refractivity contribution in [3.05, 3.63) is 60.6 Å². The van der Waals surface area contributed by atoms with Gasteiger partial charge in [0.25, 0.3) is 0 Å². The molecule has 0 unspecified atom stereocenters. The summed E-state index contributed by atoms with van der Waals surface area (Å²) in [6, 6.07) is 10.2. The quantitative estimate of drug-likeness (QED) is 0.677. The van der Waals surface area contributed by atoms with Crippen molar-refractivity contribution in [2.45, 2.75) is 6.92 Å². The zero-order valence-electron chi connectivity index (χ0n) is 14.9. The van der Waals surface area contributed by atoms with Crippen LogP contribution in [0.3, 0.4) is 0 Å². The lowest BCUT2D eigenvalue weighted by Crippen LogP contribution is -2.35. The number of hydrogen-bond donors (Lipinski definition) is 2. The van der Waals surface area contributed by atoms with Gasteiger partial charge in [-0.1, -0.05) is 6.07 Å². The highest BCUT2D eigenvalue weighted by molar-refractivity contribution is 6.11. The topological polar surface area (TPSA) is 100 Å². The molecule has 0 aliphatic rings. The lowest BCUT2D eigenvalue weighted by Gasteiger charge is -2.16. The van der Waals surface area contributed by atoms with E-state index in [2.05, 4.69) is 25.6 Å². The van der Waals surface area contributed by atoms with Crippen molar-refractivity contribution in [1.29, 1.82) is 0 Å². The van der Waals surface area contributed by atoms with Crippen LogP contribution in [0.1, 0.15) is 5.56 Å². The van der Waals surface area contributed by atoms with Crippen molar-refractivity contribution in [3.8, 4) is 11.3 Å². The number of amides is 3. The number of imide groups is 1. The van der Waals surface area contributed by atoms with Crippen molar-refractivity contribution < 1.29 is 9.59 Å². The number of benzene rings is 1. The van der Waals surface area contributed by atoms with Crippen molar-refractivity contribution in [2.24, 2.45) is 0 Å². The van der Waals surface area contributed by atoms with E-state index < -0.39 is 6.03 Å². The first-order valence-corrected chi connectivity index (χ1v) is 8.19. The average Bonchev–Trinajstić information content (AvgIpc) is 2.71. The summed E-state index contributed by atoms with van der Waals surface area (Å²) in [7, 11) is 1.78. The number of aromatic nitrogens is 3. The molecule has 8 nitrogen and oxygen atoms in total. The molecule has 8 heteroatoms. The van der Waals surface area contributed by atoms with Gasteiger partial charge >= 0.3 is 6.03 Å². The monoisotopic (exact) mass is 362 g/mol. The Bertz CT molecular complexity index is 961. The summed E-state index contributed by atoms with van der Waals surface area (Å²) in [6.07, 6.45) is 5.17. The summed E-state index contributed by atoms with van der Waals surface area (Å²) in [5.74, 6) is -0.0220. The molecule has 27 heavy (non-hydrogen) atoms. The van der Waals surface area contributed by atoms with E-state index in [-0.39, 0.29) is 5.95 Å². The minimum absolute atomic E-state index is 0.0220. The molecular formula is C19H18N6O2. The number of anilines is 3. The van der Waals surface area contributed by atoms with Crippen LogP contribution in [0.2, 0.25) is 0 Å². The molecule has 0 radical (unpaired) electrons. The summed E-state index contributed by atoms with van der Waals surface area (Å²) in [4.78, 5) is 37.4. The highest BCUT2D eigenvalue weighted by Gasteiger charge is 2.19. The minimum atomic E-state index is -0.648. The number of nitrogens with one attached hydrogen (secondary N) is 2. The van der Waals surface area contributed by atoms with Crippen molar-refractivity contribution >= 4 is 29.8 Å². The van der Waals surface area contributed by atoms with Gasteiger partial charge in [-0.2, -0.15) is 0 Å². The number of rotatable bonds is 5. The molecule has 0 atom stereocenters. The standard InChI is InChI=1S/C19H18N6O2/c1-13-5-6-15(20-2)10-17(13)24-19(27)25(12-26)18-22-9-7-16(23-18)14-4-3-8-21-11-14/h3-12,20H,1-2H3,(H,24,27). The van der Waals surface area contributed by atoms with E-state index in [1.807, 2.05) is 25.1 Å². The molecule has 3 amide bonds. The zero-order valence-corrected chi connectivity index (χ0v) is 14.9. The maximum absolute atomic E-state index is 12.6. The fraction of sp³-hybridized carbons (Fsp3) is 0.105. The number of aryl methyl sites for hydroxylation is 1. The Hall–Kier alpha value is -3.81. The van der Waals surface area contributed by atoms with Crippen LogP contribution in [0.25, 0.3) is 11.3 Å². The van der Waals surface area contributed by atoms with Crippen LogP contribution >= 0.6 is 0 Å². The molecule has 0 saturated carbocycles. The molecule has 0 bridgehead atoms. The van der Waals surface area contributed by atoms with Crippen LogP contribution in [-0.2, 0) is 4.79 Å². The summed E-state index contributed by atoms with van der Waals surface area (Å²) in [5.41, 5.74) is 3.59. The third kappa shape index (κ3) is 4.06. The molecule has 3 aromatic rings. The van der Waals surface area contributed by atoms with Gasteiger partial charge in [0, 0.05) is 42.6 Å². The Morgan fingerprint density at radius 1 is 1.19 bits per heavy atom. The lowest BCUT2D eigenvalue weighted by molar-refractivity contribution is -0.106. The molecular weight excluding hydrogens is 344 g/mol. The molecule has 0 fully saturated rings. The van der Waals surface area contributed by atoms with Crippen LogP contribution < -0.4 is 15.5 Å². The number of nitrogens with zero attached hydrogens (tertiary/aromatic N) is 4. The molecule has 2 heterocycles. The van der Waals surface area contributed by atoms with Gasteiger partial charge in [0.05, 0.1) is 5.69 Å². The van der Waals surface area contributed by atoms with Crippen molar-refractivity contribution in [2.75, 3.05) is 22.6 Å². The fourth-order valence-corrected chi connectivity index (χ4v) is 2.41. The SMILES string of the molecule is CNc1ccc(C)c(NC(=O)N(C=O)c2nccc(-c3cccnc3)n2)c1. The average molecular weight is 362 g/mol. The molecule has 0 spiro atoms. The lowest BCUT2D eigenvalue weighted by atomic mass is 10.2. The van der Waals surface area contributed by atoms with Gasteiger partial charge in [0.1, 0.15) is 0 Å². The van der Waals surface area contributed by atoms with E-state index >= 15 is 0 Å². The maximum Gasteiger partial charge on any atom is 0.335 e. The number of pyridine rings is 1. The first-order chi connectivity index (χ1) is 13.1. The Balaban J connectivity index is 1.87. The molecule has 0 aliphatic carbocycles. The Kier molecular flexibility index (Phi) is 5.36. The molecule has 1 aromatic carbocycles. The molecule has 2 aromatic heterocycles. The van der Waals surface area contributed by atoms with Gasteiger partial charge in [-0.15, -0.1) is 0 Å². The highest BCUT2D eigenvalue weighted by atomic mass is 16.2. The largest absolute Gasteiger partial charge is 0.388 e. The summed E-state index contributed by atoms with van der Waals surface area (Å²) in [5, 5.41) is 5.72. The normalized spacial score (nSPS) is 10.1. The third-order valence-corrected chi connectivity index (χ3v) is 3.91. The van der Waals surface area contributed by atoms with E-state index in [1.54, 1.807) is 37.6 Å². The number of carbonyl (C=O) groups is 2. The predicted molar refractivity (Wildman–Crippen MR) is 104 cm³/mol. The van der Waals surface area contributed by atoms with Crippen LogP contribution in [0, 0.1) is 6.92 Å². The van der Waals surface area contributed by atoms with E-state index in [1.165, 1.54) is 6.20 Å². The van der Waals surface area contributed by atoms with E-state index in [4.69, 9.17) is 0 Å². The highest BCUT2D eigenvalue weighted by Crippen LogP contribution is 2.22. The Morgan fingerprint density at radius 3 is 2.74 bits per heavy atom. The Morgan fingerprint density at radius 2 is 2.04 bits per heavy atom. The number of hydrogen-bond acceptors (Lipinski definition) is 6. The summed E-state index contributed by atoms with van der Waals surface area (Å²) in [6.45, 7) is 1.86. The summed E-state index contributed by atoms with van der Waals surface area (Å²) >= 11 is 0. The van der Waals surface area contributed by atoms with Gasteiger partial charge in [0.2, 0.25) is 12.4 Å². The van der Waals surface area contributed by atoms with Gasteiger partial charge in [0.15, 0.2) is 0 Å². The number of urea groups is 1. The van der Waals surface area contributed by atoms with E-state index in [0.717, 1.165) is 21.7 Å². The predicted octanol–water partition coefficient (Wildman–Crippen LogP) is 3.08. The van der Waals surface area contributed by atoms with Gasteiger partial charge in [-0.25, -0.2) is 19.7 Å². The van der Waals surface area contributed by atoms with Crippen LogP contribution in [0.15, 0.2) is 55.0 Å². The summed E-state index contributed by atoms with van der Waals surface area (Å²) < 4.78 is 0. The molecule has 136 valence electrons. The molecule has 3 rings (SSSR count). The first-order valence-electron chi connectivity index (χ1n) is 8.19. The van der Waals surface area contributed by atoms with Gasteiger partial charge in [-0.3, -0.25) is 9.78 Å².